The van der Waals surface area contributed by atoms with Gasteiger partial charge in [-0.1, -0.05) is 16.8 Å². The van der Waals surface area contributed by atoms with Crippen molar-refractivity contribution in [1.29, 1.82) is 0 Å². The molecule has 1 fully saturated rings. The van der Waals surface area contributed by atoms with Crippen molar-refractivity contribution in [1.82, 2.24) is 20.0 Å². The van der Waals surface area contributed by atoms with Gasteiger partial charge < -0.3 is 19.1 Å². The summed E-state index contributed by atoms with van der Waals surface area (Å²) in [6, 6.07) is 3.34. The Morgan fingerprint density at radius 3 is 2.83 bits per heavy atom. The third-order valence-electron chi connectivity index (χ3n) is 3.86. The van der Waals surface area contributed by atoms with E-state index in [0.717, 1.165) is 0 Å². The zero-order valence-electron chi connectivity index (χ0n) is 13.3. The molecule has 0 spiro atoms. The molecule has 128 valence electrons. The zero-order valence-corrected chi connectivity index (χ0v) is 14.1. The van der Waals surface area contributed by atoms with Gasteiger partial charge in [0.05, 0.1) is 7.11 Å². The monoisotopic (exact) mass is 351 g/mol. The van der Waals surface area contributed by atoms with Gasteiger partial charge in [-0.15, -0.1) is 0 Å². The molecule has 3 heterocycles. The van der Waals surface area contributed by atoms with Crippen molar-refractivity contribution in [2.75, 3.05) is 38.2 Å². The number of aromatic nitrogens is 3. The first-order valence-corrected chi connectivity index (χ1v) is 8.04. The molecular formula is C15H18ClN5O3. The Balaban J connectivity index is 1.49. The number of hydrogen-bond donors (Lipinski definition) is 0. The van der Waals surface area contributed by atoms with E-state index >= 15 is 0 Å². The lowest BCUT2D eigenvalue weighted by atomic mass is 10.2. The van der Waals surface area contributed by atoms with E-state index in [4.69, 9.17) is 20.9 Å². The van der Waals surface area contributed by atoms with Gasteiger partial charge in [0.2, 0.25) is 17.7 Å². The van der Waals surface area contributed by atoms with Crippen LogP contribution < -0.4 is 9.64 Å². The molecule has 1 aliphatic heterocycles. The number of methoxy groups -OCH3 is 1. The highest BCUT2D eigenvalue weighted by Crippen LogP contribution is 2.16. The van der Waals surface area contributed by atoms with E-state index in [2.05, 4.69) is 15.1 Å². The summed E-state index contributed by atoms with van der Waals surface area (Å²) in [5.74, 6) is 1.87. The van der Waals surface area contributed by atoms with Gasteiger partial charge in [0, 0.05) is 57.4 Å². The molecule has 9 heteroatoms. The Kier molecular flexibility index (Phi) is 5.14. The summed E-state index contributed by atoms with van der Waals surface area (Å²) in [4.78, 5) is 24.7. The fraction of sp³-hybridized carbons (Fsp3) is 0.467. The second-order valence-electron chi connectivity index (χ2n) is 5.38. The molecule has 2 aromatic rings. The quantitative estimate of drug-likeness (QED) is 0.805. The number of carbonyl (C=O) groups is 1. The van der Waals surface area contributed by atoms with Crippen LogP contribution in [0.4, 0.5) is 5.95 Å². The second-order valence-corrected chi connectivity index (χ2v) is 5.77. The van der Waals surface area contributed by atoms with Crippen LogP contribution in [0.15, 0.2) is 22.9 Å². The average Bonchev–Trinajstić information content (AvgIpc) is 3.05. The molecule has 1 aliphatic rings. The van der Waals surface area contributed by atoms with Gasteiger partial charge in [0.1, 0.15) is 5.76 Å². The minimum Gasteiger partial charge on any atom is -0.481 e. The fourth-order valence-electron chi connectivity index (χ4n) is 2.55. The van der Waals surface area contributed by atoms with E-state index in [-0.39, 0.29) is 5.91 Å². The van der Waals surface area contributed by atoms with Crippen molar-refractivity contribution in [3.63, 3.8) is 0 Å². The molecule has 0 N–H and O–H groups in total. The third-order valence-corrected chi connectivity index (χ3v) is 4.04. The van der Waals surface area contributed by atoms with Crippen LogP contribution in [0.25, 0.3) is 0 Å². The molecule has 0 atom stereocenters. The molecule has 0 bridgehead atoms. The highest BCUT2D eigenvalue weighted by Gasteiger charge is 2.23. The lowest BCUT2D eigenvalue weighted by molar-refractivity contribution is -0.131. The van der Waals surface area contributed by atoms with E-state index in [9.17, 15) is 4.79 Å². The highest BCUT2D eigenvalue weighted by molar-refractivity contribution is 6.29. The van der Waals surface area contributed by atoms with Crippen LogP contribution in [-0.4, -0.2) is 59.2 Å². The zero-order chi connectivity index (χ0) is 16.9. The first kappa shape index (κ1) is 16.5. The Morgan fingerprint density at radius 2 is 2.17 bits per heavy atom. The summed E-state index contributed by atoms with van der Waals surface area (Å²) in [5.41, 5.74) is 0. The number of aryl methyl sites for hydroxylation is 1. The molecular weight excluding hydrogens is 334 g/mol. The molecule has 0 aromatic carbocycles. The van der Waals surface area contributed by atoms with Crippen LogP contribution >= 0.6 is 11.6 Å². The summed E-state index contributed by atoms with van der Waals surface area (Å²) >= 11 is 5.69. The van der Waals surface area contributed by atoms with Gasteiger partial charge in [-0.2, -0.15) is 4.98 Å². The Morgan fingerprint density at radius 1 is 1.38 bits per heavy atom. The average molecular weight is 352 g/mol. The summed E-state index contributed by atoms with van der Waals surface area (Å²) in [5, 5.41) is 3.91. The van der Waals surface area contributed by atoms with Gasteiger partial charge in [0.25, 0.3) is 0 Å². The molecule has 8 nitrogen and oxygen atoms in total. The number of piperazine rings is 1. The number of ether oxygens (including phenoxy) is 1. The van der Waals surface area contributed by atoms with E-state index in [1.54, 1.807) is 25.4 Å². The maximum absolute atomic E-state index is 12.3. The van der Waals surface area contributed by atoms with Gasteiger partial charge >= 0.3 is 0 Å². The maximum Gasteiger partial charge on any atom is 0.228 e. The second kappa shape index (κ2) is 7.48. The SMILES string of the molecule is COc1ccnc(N2CCN(C(=O)CCc3cc(Cl)no3)CC2)n1. The van der Waals surface area contributed by atoms with Crippen LogP contribution in [0.3, 0.4) is 0 Å². The van der Waals surface area contributed by atoms with E-state index in [1.807, 2.05) is 9.80 Å². The first-order valence-electron chi connectivity index (χ1n) is 7.66. The van der Waals surface area contributed by atoms with Crippen molar-refractivity contribution >= 4 is 23.5 Å². The van der Waals surface area contributed by atoms with Crippen LogP contribution in [0, 0.1) is 0 Å². The number of carbonyl (C=O) groups excluding carboxylic acids is 1. The van der Waals surface area contributed by atoms with Crippen molar-refractivity contribution in [3.05, 3.63) is 29.2 Å². The molecule has 1 saturated heterocycles. The largest absolute Gasteiger partial charge is 0.481 e. The van der Waals surface area contributed by atoms with Crippen molar-refractivity contribution in [2.24, 2.45) is 0 Å². The predicted molar refractivity (Wildman–Crippen MR) is 87.2 cm³/mol. The van der Waals surface area contributed by atoms with Gasteiger partial charge in [-0.05, 0) is 0 Å². The van der Waals surface area contributed by atoms with Gasteiger partial charge in [-0.25, -0.2) is 4.98 Å². The molecule has 24 heavy (non-hydrogen) atoms. The van der Waals surface area contributed by atoms with Crippen LogP contribution in [-0.2, 0) is 11.2 Å². The van der Waals surface area contributed by atoms with Crippen molar-refractivity contribution in [3.8, 4) is 5.88 Å². The Labute approximate surface area is 144 Å². The van der Waals surface area contributed by atoms with E-state index < -0.39 is 0 Å². The van der Waals surface area contributed by atoms with Gasteiger partial charge in [-0.3, -0.25) is 4.79 Å². The number of rotatable bonds is 5. The fourth-order valence-corrected chi connectivity index (χ4v) is 2.70. The lowest BCUT2D eigenvalue weighted by Gasteiger charge is -2.34. The van der Waals surface area contributed by atoms with Crippen LogP contribution in [0.5, 0.6) is 5.88 Å². The summed E-state index contributed by atoms with van der Waals surface area (Å²) in [6.45, 7) is 2.65. The highest BCUT2D eigenvalue weighted by atomic mass is 35.5. The number of amides is 1. The van der Waals surface area contributed by atoms with Crippen molar-refractivity contribution < 1.29 is 14.1 Å². The van der Waals surface area contributed by atoms with Crippen LogP contribution in [0.2, 0.25) is 5.15 Å². The lowest BCUT2D eigenvalue weighted by Crippen LogP contribution is -2.49. The predicted octanol–water partition coefficient (Wildman–Crippen LogP) is 1.41. The normalized spacial score (nSPS) is 14.8. The van der Waals surface area contributed by atoms with E-state index in [1.165, 1.54) is 0 Å². The van der Waals surface area contributed by atoms with Crippen molar-refractivity contribution in [2.45, 2.75) is 12.8 Å². The van der Waals surface area contributed by atoms with E-state index in [0.29, 0.717) is 61.8 Å². The number of nitrogens with zero attached hydrogens (tertiary/aromatic N) is 5. The minimum absolute atomic E-state index is 0.0914. The van der Waals surface area contributed by atoms with Gasteiger partial charge in [0.15, 0.2) is 5.15 Å². The Bertz CT molecular complexity index is 700. The molecule has 0 radical (unpaired) electrons. The minimum atomic E-state index is 0.0914. The Hall–Kier alpha value is -2.35. The molecule has 0 aliphatic carbocycles. The standard InChI is InChI=1S/C15H18ClN5O3/c1-23-13-4-5-17-15(18-13)21-8-6-20(7-9-21)14(22)3-2-11-10-12(16)19-24-11/h4-5,10H,2-3,6-9H2,1H3. The maximum atomic E-state index is 12.3. The molecule has 1 amide bonds. The molecule has 3 rings (SSSR count). The summed E-state index contributed by atoms with van der Waals surface area (Å²) in [6.07, 6.45) is 2.54. The molecule has 0 saturated carbocycles. The third kappa shape index (κ3) is 3.94. The first-order chi connectivity index (χ1) is 11.7. The van der Waals surface area contributed by atoms with Crippen LogP contribution in [0.1, 0.15) is 12.2 Å². The topological polar surface area (TPSA) is 84.6 Å². The number of halogens is 1. The molecule has 2 aromatic heterocycles. The number of anilines is 1. The molecule has 0 unspecified atom stereocenters. The summed E-state index contributed by atoms with van der Waals surface area (Å²) < 4.78 is 10.1. The smallest absolute Gasteiger partial charge is 0.228 e. The summed E-state index contributed by atoms with van der Waals surface area (Å²) in [7, 11) is 1.57. The number of hydrogen-bond acceptors (Lipinski definition) is 7.